The first-order chi connectivity index (χ1) is 13.5. The summed E-state index contributed by atoms with van der Waals surface area (Å²) in [4.78, 5) is 2.43. The van der Waals surface area contributed by atoms with E-state index in [9.17, 15) is 13.2 Å². The van der Waals surface area contributed by atoms with Crippen LogP contribution in [0.5, 0.6) is 0 Å². The lowest BCUT2D eigenvalue weighted by Crippen LogP contribution is -2.34. The van der Waals surface area contributed by atoms with Crippen molar-refractivity contribution in [3.63, 3.8) is 0 Å². The highest BCUT2D eigenvalue weighted by molar-refractivity contribution is 5.71. The van der Waals surface area contributed by atoms with Crippen LogP contribution in [0.1, 0.15) is 35.4 Å². The number of halogens is 3. The monoisotopic (exact) mass is 389 g/mol. The molecule has 4 rings (SSSR count). The van der Waals surface area contributed by atoms with Gasteiger partial charge in [-0.2, -0.15) is 13.2 Å². The summed E-state index contributed by atoms with van der Waals surface area (Å²) in [5.41, 5.74) is 3.93. The van der Waals surface area contributed by atoms with Crippen molar-refractivity contribution in [2.24, 2.45) is 0 Å². The summed E-state index contributed by atoms with van der Waals surface area (Å²) in [6, 6.07) is 12.4. The van der Waals surface area contributed by atoms with Crippen molar-refractivity contribution < 1.29 is 13.2 Å². The molecule has 0 aliphatic carbocycles. The van der Waals surface area contributed by atoms with Crippen molar-refractivity contribution in [2.75, 3.05) is 43.4 Å². The van der Waals surface area contributed by atoms with Gasteiger partial charge in [0, 0.05) is 19.6 Å². The molecular weight excluding hydrogens is 363 g/mol. The van der Waals surface area contributed by atoms with Crippen molar-refractivity contribution in [3.05, 3.63) is 59.2 Å². The molecule has 2 aromatic rings. The van der Waals surface area contributed by atoms with Crippen LogP contribution in [0.15, 0.2) is 42.5 Å². The molecule has 2 N–H and O–H groups in total. The Kier molecular flexibility index (Phi) is 5.49. The summed E-state index contributed by atoms with van der Waals surface area (Å²) in [6.07, 6.45) is -1.45. The Bertz CT molecular complexity index is 811. The lowest BCUT2D eigenvalue weighted by molar-refractivity contribution is -0.137. The molecule has 150 valence electrons. The molecule has 2 heterocycles. The summed E-state index contributed by atoms with van der Waals surface area (Å²) in [6.45, 7) is 4.76. The zero-order valence-electron chi connectivity index (χ0n) is 15.9. The number of likely N-dealkylation sites (tertiary alicyclic amines) is 1. The number of alkyl halides is 3. The van der Waals surface area contributed by atoms with Crippen LogP contribution in [0, 0.1) is 0 Å². The van der Waals surface area contributed by atoms with E-state index < -0.39 is 11.7 Å². The summed E-state index contributed by atoms with van der Waals surface area (Å²) in [5, 5.41) is 6.81. The predicted octanol–water partition coefficient (Wildman–Crippen LogP) is 4.96. The fourth-order valence-electron chi connectivity index (χ4n) is 4.19. The van der Waals surface area contributed by atoms with E-state index in [1.54, 1.807) is 0 Å². The molecular formula is C22H26F3N3. The number of fused-ring (bicyclic) bond motifs is 1. The van der Waals surface area contributed by atoms with Gasteiger partial charge >= 0.3 is 6.18 Å². The predicted molar refractivity (Wildman–Crippen MR) is 107 cm³/mol. The molecule has 28 heavy (non-hydrogen) atoms. The number of hydrogen-bond acceptors (Lipinski definition) is 3. The van der Waals surface area contributed by atoms with E-state index >= 15 is 0 Å². The molecule has 2 aliphatic heterocycles. The highest BCUT2D eigenvalue weighted by atomic mass is 19.4. The zero-order chi connectivity index (χ0) is 19.6. The molecule has 0 unspecified atom stereocenters. The van der Waals surface area contributed by atoms with Gasteiger partial charge in [0.05, 0.1) is 16.9 Å². The number of anilines is 2. The van der Waals surface area contributed by atoms with Crippen molar-refractivity contribution in [1.82, 2.24) is 4.90 Å². The van der Waals surface area contributed by atoms with Crippen LogP contribution in [-0.4, -0.2) is 37.6 Å². The van der Waals surface area contributed by atoms with Gasteiger partial charge in [-0.25, -0.2) is 0 Å². The van der Waals surface area contributed by atoms with Gasteiger partial charge in [-0.05, 0) is 67.6 Å². The van der Waals surface area contributed by atoms with E-state index in [2.05, 4.69) is 33.7 Å². The average Bonchev–Trinajstić information content (AvgIpc) is 2.72. The van der Waals surface area contributed by atoms with Crippen LogP contribution >= 0.6 is 0 Å². The first-order valence-corrected chi connectivity index (χ1v) is 9.99. The molecule has 1 fully saturated rings. The number of benzene rings is 2. The van der Waals surface area contributed by atoms with Gasteiger partial charge in [-0.1, -0.05) is 24.3 Å². The van der Waals surface area contributed by atoms with Gasteiger partial charge in [0.2, 0.25) is 0 Å². The molecule has 0 spiro atoms. The summed E-state index contributed by atoms with van der Waals surface area (Å²) < 4.78 is 38.8. The highest BCUT2D eigenvalue weighted by Gasteiger charge is 2.31. The minimum absolute atomic E-state index is 0.220. The molecule has 1 saturated heterocycles. The SMILES string of the molecule is FC(F)(F)c1cccc(C2CCN(CCc3ccc4c(c3)NCCN4)CC2)c1. The first kappa shape index (κ1) is 19.1. The number of hydrogen-bond donors (Lipinski definition) is 2. The minimum Gasteiger partial charge on any atom is -0.382 e. The Balaban J connectivity index is 1.30. The van der Waals surface area contributed by atoms with E-state index in [0.29, 0.717) is 0 Å². The van der Waals surface area contributed by atoms with Crippen LogP contribution in [0.2, 0.25) is 0 Å². The Labute approximate surface area is 163 Å². The third-order valence-electron chi connectivity index (χ3n) is 5.83. The zero-order valence-corrected chi connectivity index (χ0v) is 15.9. The van der Waals surface area contributed by atoms with Crippen LogP contribution in [0.25, 0.3) is 0 Å². The van der Waals surface area contributed by atoms with Crippen molar-refractivity contribution >= 4 is 11.4 Å². The van der Waals surface area contributed by atoms with E-state index in [0.717, 1.165) is 69.3 Å². The molecule has 0 amide bonds. The third kappa shape index (κ3) is 4.43. The Morgan fingerprint density at radius 3 is 2.43 bits per heavy atom. The Hall–Kier alpha value is -2.21. The van der Waals surface area contributed by atoms with Crippen molar-refractivity contribution in [2.45, 2.75) is 31.4 Å². The molecule has 2 aliphatic rings. The number of nitrogens with one attached hydrogen (secondary N) is 2. The second kappa shape index (κ2) is 8.03. The topological polar surface area (TPSA) is 27.3 Å². The number of rotatable bonds is 4. The Morgan fingerprint density at radius 2 is 1.68 bits per heavy atom. The highest BCUT2D eigenvalue weighted by Crippen LogP contribution is 2.34. The second-order valence-corrected chi connectivity index (χ2v) is 7.72. The van der Waals surface area contributed by atoms with Gasteiger partial charge in [0.1, 0.15) is 0 Å². The van der Waals surface area contributed by atoms with Gasteiger partial charge in [-0.3, -0.25) is 0 Å². The maximum atomic E-state index is 12.9. The molecule has 0 radical (unpaired) electrons. The molecule has 2 aromatic carbocycles. The summed E-state index contributed by atoms with van der Waals surface area (Å²) in [5.74, 6) is 0.220. The van der Waals surface area contributed by atoms with Gasteiger partial charge in [0.15, 0.2) is 0 Å². The summed E-state index contributed by atoms with van der Waals surface area (Å²) >= 11 is 0. The fourth-order valence-corrected chi connectivity index (χ4v) is 4.19. The normalized spacial score (nSPS) is 18.2. The van der Waals surface area contributed by atoms with Crippen LogP contribution < -0.4 is 10.6 Å². The van der Waals surface area contributed by atoms with Crippen molar-refractivity contribution in [1.29, 1.82) is 0 Å². The van der Waals surface area contributed by atoms with Gasteiger partial charge in [-0.15, -0.1) is 0 Å². The second-order valence-electron chi connectivity index (χ2n) is 7.72. The van der Waals surface area contributed by atoms with Crippen LogP contribution in [0.3, 0.4) is 0 Å². The third-order valence-corrected chi connectivity index (χ3v) is 5.83. The summed E-state index contributed by atoms with van der Waals surface area (Å²) in [7, 11) is 0. The smallest absolute Gasteiger partial charge is 0.382 e. The maximum absolute atomic E-state index is 12.9. The maximum Gasteiger partial charge on any atom is 0.416 e. The van der Waals surface area contributed by atoms with Crippen LogP contribution in [0.4, 0.5) is 24.5 Å². The van der Waals surface area contributed by atoms with E-state index in [1.165, 1.54) is 23.4 Å². The largest absolute Gasteiger partial charge is 0.416 e. The Morgan fingerprint density at radius 1 is 0.929 bits per heavy atom. The van der Waals surface area contributed by atoms with E-state index in [1.807, 2.05) is 6.07 Å². The average molecular weight is 389 g/mol. The van der Waals surface area contributed by atoms with Gasteiger partial charge in [0.25, 0.3) is 0 Å². The molecule has 3 nitrogen and oxygen atoms in total. The number of piperidine rings is 1. The minimum atomic E-state index is -4.27. The molecule has 0 aromatic heterocycles. The van der Waals surface area contributed by atoms with Gasteiger partial charge < -0.3 is 15.5 Å². The van der Waals surface area contributed by atoms with E-state index in [4.69, 9.17) is 0 Å². The molecule has 0 bridgehead atoms. The fraction of sp³-hybridized carbons (Fsp3) is 0.455. The quantitative estimate of drug-likeness (QED) is 0.774. The lowest BCUT2D eigenvalue weighted by atomic mass is 9.88. The van der Waals surface area contributed by atoms with Crippen LogP contribution in [-0.2, 0) is 12.6 Å². The number of nitrogens with zero attached hydrogens (tertiary/aromatic N) is 1. The lowest BCUT2D eigenvalue weighted by Gasteiger charge is -2.32. The molecule has 0 saturated carbocycles. The first-order valence-electron chi connectivity index (χ1n) is 9.99. The standard InChI is InChI=1S/C22H26F3N3/c23-22(24,25)19-3-1-2-18(15-19)17-7-12-28(13-8-17)11-6-16-4-5-20-21(14-16)27-10-9-26-20/h1-5,14-15,17,26-27H,6-13H2. The van der Waals surface area contributed by atoms with Crippen molar-refractivity contribution in [3.8, 4) is 0 Å². The molecule has 6 heteroatoms. The molecule has 0 atom stereocenters. The van der Waals surface area contributed by atoms with E-state index in [-0.39, 0.29) is 5.92 Å².